The van der Waals surface area contributed by atoms with Crippen molar-refractivity contribution < 1.29 is 18.7 Å². The van der Waals surface area contributed by atoms with Crippen molar-refractivity contribution in [1.29, 1.82) is 0 Å². The van der Waals surface area contributed by atoms with Crippen molar-refractivity contribution in [1.82, 2.24) is 4.90 Å². The molecule has 2 rings (SSSR count). The highest BCUT2D eigenvalue weighted by molar-refractivity contribution is 6.05. The highest BCUT2D eigenvalue weighted by atomic mass is 16.5. The summed E-state index contributed by atoms with van der Waals surface area (Å²) in [4.78, 5) is 25.1. The van der Waals surface area contributed by atoms with Gasteiger partial charge in [0.15, 0.2) is 0 Å². The van der Waals surface area contributed by atoms with Crippen LogP contribution in [-0.2, 0) is 9.53 Å². The molecule has 0 bridgehead atoms. The molecule has 0 saturated carbocycles. The van der Waals surface area contributed by atoms with Crippen molar-refractivity contribution in [2.75, 3.05) is 20.2 Å². The highest BCUT2D eigenvalue weighted by Crippen LogP contribution is 2.21. The zero-order chi connectivity index (χ0) is 14.5. The van der Waals surface area contributed by atoms with Crippen LogP contribution in [-0.4, -0.2) is 37.0 Å². The predicted molar refractivity (Wildman–Crippen MR) is 74.4 cm³/mol. The van der Waals surface area contributed by atoms with Crippen LogP contribution in [0.2, 0.25) is 0 Å². The molecule has 1 heterocycles. The number of hydrogen-bond donors (Lipinski definition) is 0. The van der Waals surface area contributed by atoms with Crippen LogP contribution >= 0.6 is 0 Å². The fraction of sp³-hybridized carbons (Fsp3) is 0.333. The van der Waals surface area contributed by atoms with E-state index >= 15 is 0 Å². The summed E-state index contributed by atoms with van der Waals surface area (Å²) in [5, 5.41) is 0.778. The third-order valence-electron chi connectivity index (χ3n) is 3.01. The SMILES string of the molecule is CCOC(=O)CCN(C)C(=O)c1coc2ccccc12. The van der Waals surface area contributed by atoms with Gasteiger partial charge in [0.2, 0.25) is 0 Å². The first-order valence-corrected chi connectivity index (χ1v) is 6.50. The van der Waals surface area contributed by atoms with Gasteiger partial charge in [0.05, 0.1) is 18.6 Å². The number of amides is 1. The number of fused-ring (bicyclic) bond motifs is 1. The third-order valence-corrected chi connectivity index (χ3v) is 3.01. The largest absolute Gasteiger partial charge is 0.466 e. The van der Waals surface area contributed by atoms with E-state index in [0.717, 1.165) is 5.39 Å². The Bertz CT molecular complexity index is 617. The lowest BCUT2D eigenvalue weighted by molar-refractivity contribution is -0.143. The molecule has 1 amide bonds. The molecule has 0 aliphatic carbocycles. The molecular weight excluding hydrogens is 258 g/mol. The number of ether oxygens (including phenoxy) is 1. The fourth-order valence-corrected chi connectivity index (χ4v) is 1.94. The first-order valence-electron chi connectivity index (χ1n) is 6.50. The minimum absolute atomic E-state index is 0.167. The van der Waals surface area contributed by atoms with Gasteiger partial charge in [-0.2, -0.15) is 0 Å². The smallest absolute Gasteiger partial charge is 0.307 e. The molecule has 0 unspecified atom stereocenters. The van der Waals surface area contributed by atoms with E-state index in [2.05, 4.69) is 0 Å². The van der Waals surface area contributed by atoms with Crippen molar-refractivity contribution in [2.45, 2.75) is 13.3 Å². The Hall–Kier alpha value is -2.30. The Morgan fingerprint density at radius 3 is 2.80 bits per heavy atom. The Labute approximate surface area is 117 Å². The number of carbonyl (C=O) groups excluding carboxylic acids is 2. The third kappa shape index (κ3) is 2.99. The summed E-state index contributed by atoms with van der Waals surface area (Å²) in [7, 11) is 1.66. The lowest BCUT2D eigenvalue weighted by Gasteiger charge is -2.15. The normalized spacial score (nSPS) is 10.5. The monoisotopic (exact) mass is 275 g/mol. The fourth-order valence-electron chi connectivity index (χ4n) is 1.94. The maximum absolute atomic E-state index is 12.3. The molecule has 2 aromatic rings. The second kappa shape index (κ2) is 6.23. The van der Waals surface area contributed by atoms with Gasteiger partial charge in [-0.15, -0.1) is 0 Å². The molecule has 0 atom stereocenters. The van der Waals surface area contributed by atoms with Gasteiger partial charge in [0.25, 0.3) is 5.91 Å². The number of nitrogens with zero attached hydrogens (tertiary/aromatic N) is 1. The second-order valence-electron chi connectivity index (χ2n) is 4.43. The van der Waals surface area contributed by atoms with Gasteiger partial charge in [0, 0.05) is 19.0 Å². The van der Waals surface area contributed by atoms with E-state index in [-0.39, 0.29) is 18.3 Å². The van der Waals surface area contributed by atoms with Gasteiger partial charge >= 0.3 is 5.97 Å². The first kappa shape index (κ1) is 14.1. The topological polar surface area (TPSA) is 59.8 Å². The van der Waals surface area contributed by atoms with Gasteiger partial charge in [-0.1, -0.05) is 18.2 Å². The van der Waals surface area contributed by atoms with Crippen LogP contribution in [0.3, 0.4) is 0 Å². The van der Waals surface area contributed by atoms with Crippen LogP contribution in [0.15, 0.2) is 34.9 Å². The standard InChI is InChI=1S/C15H17NO4/c1-3-19-14(17)8-9-16(2)15(18)12-10-20-13-7-5-4-6-11(12)13/h4-7,10H,3,8-9H2,1-2H3. The zero-order valence-corrected chi connectivity index (χ0v) is 11.6. The lowest BCUT2D eigenvalue weighted by atomic mass is 10.1. The number of rotatable bonds is 5. The number of furan rings is 1. The summed E-state index contributed by atoms with van der Waals surface area (Å²) in [6, 6.07) is 7.35. The van der Waals surface area contributed by atoms with Gasteiger partial charge in [-0.25, -0.2) is 0 Å². The molecular formula is C15H17NO4. The van der Waals surface area contributed by atoms with Crippen LogP contribution in [0, 0.1) is 0 Å². The van der Waals surface area contributed by atoms with E-state index in [1.54, 1.807) is 14.0 Å². The van der Waals surface area contributed by atoms with Crippen molar-refractivity contribution in [3.8, 4) is 0 Å². The van der Waals surface area contributed by atoms with Crippen molar-refractivity contribution in [3.05, 3.63) is 36.1 Å². The molecule has 0 fully saturated rings. The highest BCUT2D eigenvalue weighted by Gasteiger charge is 2.18. The quantitative estimate of drug-likeness (QED) is 0.786. The van der Waals surface area contributed by atoms with Crippen LogP contribution in [0.4, 0.5) is 0 Å². The van der Waals surface area contributed by atoms with Crippen LogP contribution in [0.25, 0.3) is 11.0 Å². The summed E-state index contributed by atoms with van der Waals surface area (Å²) in [6.07, 6.45) is 1.64. The Kier molecular flexibility index (Phi) is 4.40. The molecule has 5 heteroatoms. The van der Waals surface area contributed by atoms with Gasteiger partial charge in [0.1, 0.15) is 11.8 Å². The molecule has 1 aromatic carbocycles. The number of esters is 1. The average molecular weight is 275 g/mol. The van der Waals surface area contributed by atoms with E-state index in [9.17, 15) is 9.59 Å². The van der Waals surface area contributed by atoms with E-state index in [1.807, 2.05) is 24.3 Å². The second-order valence-corrected chi connectivity index (χ2v) is 4.43. The Morgan fingerprint density at radius 1 is 1.30 bits per heavy atom. The number of benzene rings is 1. The number of carbonyl (C=O) groups is 2. The van der Waals surface area contributed by atoms with Gasteiger partial charge < -0.3 is 14.1 Å². The maximum Gasteiger partial charge on any atom is 0.307 e. The summed E-state index contributed by atoms with van der Waals surface area (Å²) < 4.78 is 10.2. The van der Waals surface area contributed by atoms with Crippen LogP contribution in [0.1, 0.15) is 23.7 Å². The molecule has 0 saturated heterocycles. The molecule has 0 aliphatic heterocycles. The van der Waals surface area contributed by atoms with E-state index < -0.39 is 0 Å². The number of hydrogen-bond acceptors (Lipinski definition) is 4. The van der Waals surface area contributed by atoms with Crippen molar-refractivity contribution in [2.24, 2.45) is 0 Å². The van der Waals surface area contributed by atoms with Crippen LogP contribution < -0.4 is 0 Å². The molecule has 0 spiro atoms. The molecule has 0 radical (unpaired) electrons. The van der Waals surface area contributed by atoms with Crippen LogP contribution in [0.5, 0.6) is 0 Å². The molecule has 5 nitrogen and oxygen atoms in total. The summed E-state index contributed by atoms with van der Waals surface area (Å²) in [5.74, 6) is -0.469. The number of para-hydroxylation sites is 1. The first-order chi connectivity index (χ1) is 9.63. The lowest BCUT2D eigenvalue weighted by Crippen LogP contribution is -2.29. The van der Waals surface area contributed by atoms with E-state index in [4.69, 9.17) is 9.15 Å². The molecule has 0 aliphatic rings. The Morgan fingerprint density at radius 2 is 2.05 bits per heavy atom. The van der Waals surface area contributed by atoms with E-state index in [0.29, 0.717) is 24.3 Å². The molecule has 106 valence electrons. The summed E-state index contributed by atoms with van der Waals surface area (Å²) in [5.41, 5.74) is 1.18. The van der Waals surface area contributed by atoms with E-state index in [1.165, 1.54) is 11.2 Å². The minimum atomic E-state index is -0.302. The van der Waals surface area contributed by atoms with Crippen molar-refractivity contribution >= 4 is 22.8 Å². The molecule has 1 aromatic heterocycles. The zero-order valence-electron chi connectivity index (χ0n) is 11.6. The Balaban J connectivity index is 2.05. The van der Waals surface area contributed by atoms with Gasteiger partial charge in [-0.3, -0.25) is 9.59 Å². The van der Waals surface area contributed by atoms with Crippen molar-refractivity contribution in [3.63, 3.8) is 0 Å². The average Bonchev–Trinajstić information content (AvgIpc) is 2.88. The maximum atomic E-state index is 12.3. The predicted octanol–water partition coefficient (Wildman–Crippen LogP) is 2.46. The summed E-state index contributed by atoms with van der Waals surface area (Å²) >= 11 is 0. The minimum Gasteiger partial charge on any atom is -0.466 e. The van der Waals surface area contributed by atoms with Gasteiger partial charge in [-0.05, 0) is 13.0 Å². The molecule has 20 heavy (non-hydrogen) atoms. The summed E-state index contributed by atoms with van der Waals surface area (Å²) in [6.45, 7) is 2.42. The molecule has 0 N–H and O–H groups in total.